The number of piperazine rings is 1. The van der Waals surface area contributed by atoms with E-state index >= 15 is 0 Å². The molecule has 1 aliphatic rings. The molecular formula is C42H44N12O2. The molecule has 4 N–H and O–H groups in total. The van der Waals surface area contributed by atoms with Crippen LogP contribution in [0.1, 0.15) is 40.1 Å². The Hall–Kier alpha value is -6.38. The van der Waals surface area contributed by atoms with Crippen LogP contribution < -0.4 is 21.3 Å². The topological polar surface area (TPSA) is 149 Å². The van der Waals surface area contributed by atoms with Crippen LogP contribution in [0.15, 0.2) is 79.1 Å². The van der Waals surface area contributed by atoms with E-state index in [1.54, 1.807) is 12.4 Å². The van der Waals surface area contributed by atoms with E-state index in [-0.39, 0.29) is 23.9 Å². The lowest BCUT2D eigenvalue weighted by Gasteiger charge is -2.36. The van der Waals surface area contributed by atoms with E-state index in [1.165, 1.54) is 0 Å². The van der Waals surface area contributed by atoms with Crippen molar-refractivity contribution >= 4 is 78.6 Å². The number of anilines is 2. The maximum Gasteiger partial charge on any atom is 0.259 e. The van der Waals surface area contributed by atoms with Crippen molar-refractivity contribution in [2.75, 3.05) is 58.0 Å². The fraction of sp³-hybridized carbons (Fsp3) is 0.286. The summed E-state index contributed by atoms with van der Waals surface area (Å²) in [6.45, 7) is 6.95. The molecular weight excluding hydrogens is 705 g/mol. The molecule has 0 aliphatic carbocycles. The van der Waals surface area contributed by atoms with Gasteiger partial charge in [-0.1, -0.05) is 18.2 Å². The number of aromatic nitrogens is 6. The summed E-state index contributed by atoms with van der Waals surface area (Å²) in [6, 6.07) is 22.0. The molecule has 2 amide bonds. The van der Waals surface area contributed by atoms with Crippen LogP contribution in [-0.2, 0) is 6.54 Å². The number of carbonyl (C=O) groups is 2. The van der Waals surface area contributed by atoms with Gasteiger partial charge in [-0.05, 0) is 82.0 Å². The third-order valence-corrected chi connectivity index (χ3v) is 10.6. The van der Waals surface area contributed by atoms with Gasteiger partial charge in [0.25, 0.3) is 11.8 Å². The Kier molecular flexibility index (Phi) is 8.86. The number of rotatable bonds is 9. The molecule has 284 valence electrons. The first-order valence-corrected chi connectivity index (χ1v) is 19.0. The zero-order valence-corrected chi connectivity index (χ0v) is 32.1. The van der Waals surface area contributed by atoms with Gasteiger partial charge in [0, 0.05) is 75.0 Å². The molecule has 2 aromatic carbocycles. The SMILES string of the molecule is CNc1c(C(=O)NCCN(C)C)c2nc3ccc(CNc4c(C(=O)N5CC(C)NC(C)C5)c5nc6ccccc6n5c5ncccc45)cc3n2c2ncccc12. The third-order valence-electron chi connectivity index (χ3n) is 10.6. The quantitative estimate of drug-likeness (QED) is 0.156. The van der Waals surface area contributed by atoms with Gasteiger partial charge in [-0.2, -0.15) is 0 Å². The molecule has 0 radical (unpaired) electrons. The molecule has 6 aromatic heterocycles. The highest BCUT2D eigenvalue weighted by atomic mass is 16.2. The van der Waals surface area contributed by atoms with Crippen molar-refractivity contribution in [3.8, 4) is 0 Å². The lowest BCUT2D eigenvalue weighted by molar-refractivity contribution is 0.0676. The van der Waals surface area contributed by atoms with Gasteiger partial charge in [0.2, 0.25) is 0 Å². The Morgan fingerprint density at radius 2 is 1.43 bits per heavy atom. The molecule has 9 rings (SSSR count). The fourth-order valence-corrected chi connectivity index (χ4v) is 8.24. The molecule has 7 heterocycles. The van der Waals surface area contributed by atoms with E-state index < -0.39 is 0 Å². The van der Waals surface area contributed by atoms with Crippen LogP contribution in [-0.4, -0.2) is 110 Å². The van der Waals surface area contributed by atoms with Gasteiger partial charge in [-0.25, -0.2) is 19.9 Å². The Morgan fingerprint density at radius 3 is 2.12 bits per heavy atom. The van der Waals surface area contributed by atoms with Gasteiger partial charge in [0.1, 0.15) is 22.4 Å². The van der Waals surface area contributed by atoms with Gasteiger partial charge in [0.05, 0.1) is 33.4 Å². The number of fused-ring (bicyclic) bond motifs is 10. The van der Waals surface area contributed by atoms with E-state index in [9.17, 15) is 9.59 Å². The number of nitrogens with one attached hydrogen (secondary N) is 4. The number of hydrogen-bond donors (Lipinski definition) is 4. The lowest BCUT2D eigenvalue weighted by Crippen LogP contribution is -2.56. The molecule has 56 heavy (non-hydrogen) atoms. The number of benzene rings is 2. The second-order valence-electron chi connectivity index (χ2n) is 14.9. The highest BCUT2D eigenvalue weighted by Gasteiger charge is 2.31. The molecule has 8 aromatic rings. The number of likely N-dealkylation sites (N-methyl/N-ethyl adjacent to an activating group) is 1. The Bertz CT molecular complexity index is 2830. The summed E-state index contributed by atoms with van der Waals surface area (Å²) in [4.78, 5) is 52.3. The maximum absolute atomic E-state index is 14.8. The van der Waals surface area contributed by atoms with Crippen molar-refractivity contribution in [1.82, 2.24) is 49.2 Å². The van der Waals surface area contributed by atoms with Crippen molar-refractivity contribution in [2.45, 2.75) is 32.5 Å². The van der Waals surface area contributed by atoms with Gasteiger partial charge in [-0.15, -0.1) is 0 Å². The maximum atomic E-state index is 14.8. The predicted octanol–water partition coefficient (Wildman–Crippen LogP) is 5.15. The average Bonchev–Trinajstić information content (AvgIpc) is 3.77. The second kappa shape index (κ2) is 14.0. The molecule has 1 saturated heterocycles. The minimum absolute atomic E-state index is 0.0785. The molecule has 14 nitrogen and oxygen atoms in total. The normalized spacial score (nSPS) is 16.2. The highest BCUT2D eigenvalue weighted by Crippen LogP contribution is 2.36. The van der Waals surface area contributed by atoms with Crippen molar-refractivity contribution in [3.63, 3.8) is 0 Å². The summed E-state index contributed by atoms with van der Waals surface area (Å²) in [6.07, 6.45) is 3.52. The van der Waals surface area contributed by atoms with Crippen molar-refractivity contribution in [1.29, 1.82) is 0 Å². The van der Waals surface area contributed by atoms with Gasteiger partial charge < -0.3 is 31.1 Å². The highest BCUT2D eigenvalue weighted by molar-refractivity contribution is 6.15. The van der Waals surface area contributed by atoms with E-state index in [1.807, 2.05) is 100 Å². The minimum atomic E-state index is -0.211. The monoisotopic (exact) mass is 748 g/mol. The third kappa shape index (κ3) is 5.88. The molecule has 1 aliphatic heterocycles. The van der Waals surface area contributed by atoms with Gasteiger partial charge in [0.15, 0.2) is 11.3 Å². The number of amides is 2. The number of para-hydroxylation sites is 2. The van der Waals surface area contributed by atoms with E-state index in [0.29, 0.717) is 77.8 Å². The van der Waals surface area contributed by atoms with Crippen molar-refractivity contribution < 1.29 is 9.59 Å². The number of hydrogen-bond acceptors (Lipinski definition) is 10. The van der Waals surface area contributed by atoms with Crippen LogP contribution in [0.3, 0.4) is 0 Å². The van der Waals surface area contributed by atoms with Crippen LogP contribution in [0.25, 0.3) is 55.4 Å². The summed E-state index contributed by atoms with van der Waals surface area (Å²) in [7, 11) is 5.76. The van der Waals surface area contributed by atoms with Crippen molar-refractivity contribution in [2.24, 2.45) is 0 Å². The standard InChI is InChI=1S/C42H44N12O2/c1-24-22-52(23-25(2)48-24)42(56)34-36(28-11-9-17-45-38(28)53-31-13-7-6-12-29(31)49-40(34)53)47-21-26-14-15-30-32(20-26)54-37-27(10-8-16-44-37)35(43-3)33(39(54)50-30)41(55)46-18-19-51(4)5/h6-17,20,24-25,43,47-48H,18-19,21-23H2,1-5H3,(H,46,55). The summed E-state index contributed by atoms with van der Waals surface area (Å²) >= 11 is 0. The summed E-state index contributed by atoms with van der Waals surface area (Å²) in [5.41, 5.74) is 8.98. The first-order valence-electron chi connectivity index (χ1n) is 19.0. The zero-order valence-electron chi connectivity index (χ0n) is 32.1. The molecule has 0 bridgehead atoms. The molecule has 2 unspecified atom stereocenters. The second-order valence-corrected chi connectivity index (χ2v) is 14.9. The first kappa shape index (κ1) is 35.3. The Balaban J connectivity index is 1.19. The lowest BCUT2D eigenvalue weighted by atomic mass is 10.1. The van der Waals surface area contributed by atoms with Crippen LogP contribution in [0.5, 0.6) is 0 Å². The van der Waals surface area contributed by atoms with Crippen LogP contribution in [0, 0.1) is 0 Å². The summed E-state index contributed by atoms with van der Waals surface area (Å²) < 4.78 is 3.98. The summed E-state index contributed by atoms with van der Waals surface area (Å²) in [5.74, 6) is -0.289. The number of pyridine rings is 4. The number of imidazole rings is 2. The summed E-state index contributed by atoms with van der Waals surface area (Å²) in [5, 5.41) is 15.2. The first-order chi connectivity index (χ1) is 27.2. The van der Waals surface area contributed by atoms with E-state index in [2.05, 4.69) is 41.2 Å². The molecule has 0 spiro atoms. The van der Waals surface area contributed by atoms with Crippen LogP contribution in [0.2, 0.25) is 0 Å². The smallest absolute Gasteiger partial charge is 0.259 e. The van der Waals surface area contributed by atoms with Crippen molar-refractivity contribution in [3.05, 3.63) is 95.8 Å². The number of nitrogens with zero attached hydrogens (tertiary/aromatic N) is 8. The number of carbonyl (C=O) groups excluding carboxylic acids is 2. The van der Waals surface area contributed by atoms with Gasteiger partial charge in [-0.3, -0.25) is 18.4 Å². The fourth-order valence-electron chi connectivity index (χ4n) is 8.24. The minimum Gasteiger partial charge on any atom is -0.387 e. The molecule has 1 fully saturated rings. The Morgan fingerprint density at radius 1 is 0.786 bits per heavy atom. The molecule has 14 heteroatoms. The van der Waals surface area contributed by atoms with E-state index in [4.69, 9.17) is 19.9 Å². The Labute approximate surface area is 322 Å². The largest absolute Gasteiger partial charge is 0.387 e. The molecule has 2 atom stereocenters. The van der Waals surface area contributed by atoms with Gasteiger partial charge >= 0.3 is 0 Å². The van der Waals surface area contributed by atoms with Crippen LogP contribution in [0.4, 0.5) is 11.4 Å². The average molecular weight is 749 g/mol. The molecule has 0 saturated carbocycles. The van der Waals surface area contributed by atoms with E-state index in [0.717, 1.165) is 38.4 Å². The predicted molar refractivity (Wildman–Crippen MR) is 222 cm³/mol. The van der Waals surface area contributed by atoms with Crippen LogP contribution >= 0.6 is 0 Å². The zero-order chi connectivity index (χ0) is 38.7.